The summed E-state index contributed by atoms with van der Waals surface area (Å²) in [6.07, 6.45) is 3.56. The fourth-order valence-electron chi connectivity index (χ4n) is 2.34. The van der Waals surface area contributed by atoms with Crippen LogP contribution in [0.4, 0.5) is 5.69 Å². The third kappa shape index (κ3) is 6.76. The van der Waals surface area contributed by atoms with E-state index in [4.69, 9.17) is 4.42 Å². The number of anilines is 1. The maximum Gasteiger partial charge on any atom is 0.240 e. The van der Waals surface area contributed by atoms with Gasteiger partial charge in [0.25, 0.3) is 0 Å². The molecule has 142 valence electrons. The molecule has 1 aromatic heterocycles. The number of benzene rings is 1. The van der Waals surface area contributed by atoms with E-state index in [0.717, 1.165) is 39.8 Å². The minimum Gasteiger partial charge on any atom is -0.468 e. The largest absolute Gasteiger partial charge is 0.468 e. The van der Waals surface area contributed by atoms with Crippen LogP contribution >= 0.6 is 11.8 Å². The van der Waals surface area contributed by atoms with Crippen molar-refractivity contribution < 1.29 is 17.6 Å². The fourth-order valence-corrected chi connectivity index (χ4v) is 4.05. The summed E-state index contributed by atoms with van der Waals surface area (Å²) in [5, 5.41) is 2.78. The molecular weight excluding hydrogens is 372 g/mol. The number of carbonyl (C=O) groups excluding carboxylic acids is 1. The Bertz CT molecular complexity index is 804. The summed E-state index contributed by atoms with van der Waals surface area (Å²) >= 11 is 1.73. The number of sulfonamides is 1. The standard InChI is InChI=1S/C18H24N2O4S2/c1-15-6-3-7-16(12-15)20(26(2,22)23)13-18(21)19-9-5-11-25-14-17-8-4-10-24-17/h3-4,6-8,10,12H,5,9,11,13-14H2,1-2H3,(H,19,21). The van der Waals surface area contributed by atoms with Gasteiger partial charge >= 0.3 is 0 Å². The summed E-state index contributed by atoms with van der Waals surface area (Å²) in [7, 11) is -3.54. The van der Waals surface area contributed by atoms with Gasteiger partial charge in [-0.15, -0.1) is 0 Å². The van der Waals surface area contributed by atoms with Crippen molar-refractivity contribution in [1.82, 2.24) is 5.32 Å². The van der Waals surface area contributed by atoms with E-state index in [1.165, 1.54) is 0 Å². The Morgan fingerprint density at radius 1 is 1.27 bits per heavy atom. The summed E-state index contributed by atoms with van der Waals surface area (Å²) in [6, 6.07) is 10.9. The highest BCUT2D eigenvalue weighted by Gasteiger charge is 2.20. The molecule has 0 unspecified atom stereocenters. The lowest BCUT2D eigenvalue weighted by Crippen LogP contribution is -2.40. The molecule has 1 aromatic carbocycles. The van der Waals surface area contributed by atoms with Gasteiger partial charge in [0, 0.05) is 6.54 Å². The second-order valence-electron chi connectivity index (χ2n) is 5.94. The SMILES string of the molecule is Cc1cccc(N(CC(=O)NCCCSCc2ccco2)S(C)(=O)=O)c1. The van der Waals surface area contributed by atoms with Gasteiger partial charge in [-0.1, -0.05) is 12.1 Å². The number of hydrogen-bond acceptors (Lipinski definition) is 5. The molecule has 0 aliphatic carbocycles. The van der Waals surface area contributed by atoms with E-state index in [2.05, 4.69) is 5.32 Å². The van der Waals surface area contributed by atoms with Crippen LogP contribution in [-0.2, 0) is 20.6 Å². The van der Waals surface area contributed by atoms with Crippen LogP contribution in [0.1, 0.15) is 17.7 Å². The molecule has 0 saturated carbocycles. The average Bonchev–Trinajstić information content (AvgIpc) is 3.08. The van der Waals surface area contributed by atoms with Crippen molar-refractivity contribution in [3.05, 3.63) is 54.0 Å². The van der Waals surface area contributed by atoms with Crippen LogP contribution in [0.2, 0.25) is 0 Å². The van der Waals surface area contributed by atoms with Crippen LogP contribution < -0.4 is 9.62 Å². The smallest absolute Gasteiger partial charge is 0.240 e. The number of carbonyl (C=O) groups is 1. The lowest BCUT2D eigenvalue weighted by Gasteiger charge is -2.22. The molecule has 0 radical (unpaired) electrons. The van der Waals surface area contributed by atoms with Gasteiger partial charge in [-0.25, -0.2) is 8.42 Å². The molecule has 2 aromatic rings. The van der Waals surface area contributed by atoms with Crippen molar-refractivity contribution in [3.8, 4) is 0 Å². The zero-order valence-electron chi connectivity index (χ0n) is 15.0. The third-order valence-corrected chi connectivity index (χ3v) is 5.80. The highest BCUT2D eigenvalue weighted by molar-refractivity contribution is 7.98. The zero-order chi connectivity index (χ0) is 19.0. The number of nitrogens with one attached hydrogen (secondary N) is 1. The first-order chi connectivity index (χ1) is 12.4. The minimum absolute atomic E-state index is 0.220. The molecular formula is C18H24N2O4S2. The predicted molar refractivity (Wildman–Crippen MR) is 106 cm³/mol. The van der Waals surface area contributed by atoms with Gasteiger partial charge in [0.1, 0.15) is 12.3 Å². The van der Waals surface area contributed by atoms with E-state index in [0.29, 0.717) is 12.2 Å². The molecule has 0 saturated heterocycles. The average molecular weight is 397 g/mol. The number of rotatable bonds is 10. The zero-order valence-corrected chi connectivity index (χ0v) is 16.6. The maximum absolute atomic E-state index is 12.1. The molecule has 0 spiro atoms. The van der Waals surface area contributed by atoms with Crippen LogP contribution in [0.15, 0.2) is 47.1 Å². The van der Waals surface area contributed by atoms with Crippen molar-refractivity contribution in [1.29, 1.82) is 0 Å². The van der Waals surface area contributed by atoms with Crippen molar-refractivity contribution >= 4 is 33.4 Å². The first-order valence-corrected chi connectivity index (χ1v) is 11.3. The van der Waals surface area contributed by atoms with E-state index >= 15 is 0 Å². The Balaban J connectivity index is 1.77. The Hall–Kier alpha value is -1.93. The summed E-state index contributed by atoms with van der Waals surface area (Å²) in [5.41, 5.74) is 1.43. The summed E-state index contributed by atoms with van der Waals surface area (Å²) in [4.78, 5) is 12.1. The van der Waals surface area contributed by atoms with E-state index in [1.807, 2.05) is 25.1 Å². The Morgan fingerprint density at radius 3 is 2.73 bits per heavy atom. The molecule has 1 N–H and O–H groups in total. The number of furan rings is 1. The van der Waals surface area contributed by atoms with E-state index in [1.54, 1.807) is 36.2 Å². The maximum atomic E-state index is 12.1. The monoisotopic (exact) mass is 396 g/mol. The Kier molecular flexibility index (Phi) is 7.59. The molecule has 8 heteroatoms. The molecule has 26 heavy (non-hydrogen) atoms. The second-order valence-corrected chi connectivity index (χ2v) is 8.96. The Morgan fingerprint density at radius 2 is 2.08 bits per heavy atom. The van der Waals surface area contributed by atoms with Gasteiger partial charge in [0.2, 0.25) is 15.9 Å². The van der Waals surface area contributed by atoms with E-state index < -0.39 is 10.0 Å². The summed E-state index contributed by atoms with van der Waals surface area (Å²) in [6.45, 7) is 2.17. The lowest BCUT2D eigenvalue weighted by molar-refractivity contribution is -0.119. The van der Waals surface area contributed by atoms with Crippen LogP contribution in [0.5, 0.6) is 0 Å². The normalized spacial score (nSPS) is 11.3. The Labute approximate surface area is 159 Å². The first-order valence-electron chi connectivity index (χ1n) is 8.27. The quantitative estimate of drug-likeness (QED) is 0.625. The number of hydrogen-bond donors (Lipinski definition) is 1. The van der Waals surface area contributed by atoms with Crippen molar-refractivity contribution in [2.45, 2.75) is 19.1 Å². The van der Waals surface area contributed by atoms with Crippen LogP contribution in [0.25, 0.3) is 0 Å². The molecule has 1 amide bonds. The van der Waals surface area contributed by atoms with Gasteiger partial charge in [-0.2, -0.15) is 11.8 Å². The van der Waals surface area contributed by atoms with Crippen molar-refractivity contribution in [3.63, 3.8) is 0 Å². The molecule has 0 bridgehead atoms. The van der Waals surface area contributed by atoms with Gasteiger partial charge in [-0.3, -0.25) is 9.10 Å². The predicted octanol–water partition coefficient (Wildman–Crippen LogP) is 2.79. The number of thioether (sulfide) groups is 1. The summed E-state index contributed by atoms with van der Waals surface area (Å²) in [5.74, 6) is 2.30. The number of nitrogens with zero attached hydrogens (tertiary/aromatic N) is 1. The highest BCUT2D eigenvalue weighted by Crippen LogP contribution is 2.18. The van der Waals surface area contributed by atoms with Crippen LogP contribution in [-0.4, -0.2) is 39.4 Å². The van der Waals surface area contributed by atoms with Gasteiger partial charge < -0.3 is 9.73 Å². The van der Waals surface area contributed by atoms with E-state index in [9.17, 15) is 13.2 Å². The molecule has 0 aliphatic heterocycles. The third-order valence-electron chi connectivity index (χ3n) is 3.59. The van der Waals surface area contributed by atoms with Crippen LogP contribution in [0.3, 0.4) is 0 Å². The summed E-state index contributed by atoms with van der Waals surface area (Å²) < 4.78 is 30.5. The minimum atomic E-state index is -3.54. The molecule has 1 heterocycles. The van der Waals surface area contributed by atoms with E-state index in [-0.39, 0.29) is 12.5 Å². The van der Waals surface area contributed by atoms with Gasteiger partial charge in [-0.05, 0) is 48.9 Å². The number of aryl methyl sites for hydroxylation is 1. The molecule has 2 rings (SSSR count). The highest BCUT2D eigenvalue weighted by atomic mass is 32.2. The second kappa shape index (κ2) is 9.68. The van der Waals surface area contributed by atoms with Gasteiger partial charge in [0.15, 0.2) is 0 Å². The fraction of sp³-hybridized carbons (Fsp3) is 0.389. The first kappa shape index (κ1) is 20.4. The van der Waals surface area contributed by atoms with Crippen LogP contribution in [0, 0.1) is 6.92 Å². The van der Waals surface area contributed by atoms with Gasteiger partial charge in [0.05, 0.1) is 24.0 Å². The number of amides is 1. The molecule has 0 fully saturated rings. The molecule has 0 aliphatic rings. The lowest BCUT2D eigenvalue weighted by atomic mass is 10.2. The topological polar surface area (TPSA) is 79.6 Å². The van der Waals surface area contributed by atoms with Crippen molar-refractivity contribution in [2.75, 3.05) is 29.4 Å². The molecule has 6 nitrogen and oxygen atoms in total. The van der Waals surface area contributed by atoms with Crippen molar-refractivity contribution in [2.24, 2.45) is 0 Å². The molecule has 0 atom stereocenters.